The molecule has 154 valence electrons. The van der Waals surface area contributed by atoms with Gasteiger partial charge in [0.15, 0.2) is 18.1 Å². The lowest BCUT2D eigenvalue weighted by atomic mass is 10.1. The van der Waals surface area contributed by atoms with E-state index in [1.54, 1.807) is 31.2 Å². The van der Waals surface area contributed by atoms with E-state index in [-0.39, 0.29) is 17.8 Å². The maximum Gasteiger partial charge on any atom is 0.306 e. The number of nitrogens with one attached hydrogen (secondary N) is 1. The molecular weight excluding hydrogens is 380 g/mol. The van der Waals surface area contributed by atoms with Crippen LogP contribution in [0.2, 0.25) is 0 Å². The largest absolute Gasteiger partial charge is 0.493 e. The minimum Gasteiger partial charge on any atom is -0.493 e. The number of aryl methyl sites for hydroxylation is 2. The van der Waals surface area contributed by atoms with Gasteiger partial charge in [0.2, 0.25) is 0 Å². The number of carbonyl (C=O) groups excluding carboxylic acids is 2. The number of hydrogen-bond donors (Lipinski definition) is 1. The maximum absolute atomic E-state index is 12.0. The van der Waals surface area contributed by atoms with Crippen LogP contribution in [0.4, 0.5) is 11.4 Å². The zero-order valence-electron chi connectivity index (χ0n) is 16.4. The molecule has 2 aromatic carbocycles. The van der Waals surface area contributed by atoms with Gasteiger partial charge in [-0.05, 0) is 36.6 Å². The fraction of sp³-hybridized carbons (Fsp3) is 0.300. The second kappa shape index (κ2) is 10.1. The summed E-state index contributed by atoms with van der Waals surface area (Å²) in [5.41, 5.74) is 1.24. The van der Waals surface area contributed by atoms with Crippen LogP contribution in [-0.4, -0.2) is 37.6 Å². The first-order chi connectivity index (χ1) is 13.8. The highest BCUT2D eigenvalue weighted by molar-refractivity contribution is 5.95. The van der Waals surface area contributed by atoms with Crippen LogP contribution in [0.3, 0.4) is 0 Å². The Balaban J connectivity index is 1.87. The molecular formula is C20H22N2O7. The van der Waals surface area contributed by atoms with E-state index in [0.29, 0.717) is 23.5 Å². The number of benzene rings is 2. The van der Waals surface area contributed by atoms with Gasteiger partial charge in [0.25, 0.3) is 11.6 Å². The number of hydrogen-bond acceptors (Lipinski definition) is 7. The Morgan fingerprint density at radius 3 is 2.48 bits per heavy atom. The van der Waals surface area contributed by atoms with E-state index in [4.69, 9.17) is 14.2 Å². The fourth-order valence-electron chi connectivity index (χ4n) is 2.64. The molecule has 2 rings (SSSR count). The van der Waals surface area contributed by atoms with Crippen molar-refractivity contribution in [2.45, 2.75) is 19.8 Å². The number of nitro groups is 1. The third-order valence-corrected chi connectivity index (χ3v) is 4.14. The molecule has 1 N–H and O–H groups in total. The summed E-state index contributed by atoms with van der Waals surface area (Å²) in [4.78, 5) is 34.5. The number of methoxy groups -OCH3 is 2. The van der Waals surface area contributed by atoms with Crippen molar-refractivity contribution >= 4 is 23.3 Å². The highest BCUT2D eigenvalue weighted by Crippen LogP contribution is 2.28. The Morgan fingerprint density at radius 2 is 1.83 bits per heavy atom. The number of para-hydroxylation sites is 1. The molecule has 0 aromatic heterocycles. The fourth-order valence-corrected chi connectivity index (χ4v) is 2.64. The molecule has 9 heteroatoms. The molecule has 0 heterocycles. The third kappa shape index (κ3) is 5.93. The van der Waals surface area contributed by atoms with Gasteiger partial charge in [-0.25, -0.2) is 0 Å². The molecule has 29 heavy (non-hydrogen) atoms. The third-order valence-electron chi connectivity index (χ3n) is 4.14. The van der Waals surface area contributed by atoms with Crippen LogP contribution in [-0.2, 0) is 20.7 Å². The van der Waals surface area contributed by atoms with Crippen LogP contribution in [0, 0.1) is 17.0 Å². The monoisotopic (exact) mass is 402 g/mol. The van der Waals surface area contributed by atoms with Gasteiger partial charge in [-0.2, -0.15) is 0 Å². The van der Waals surface area contributed by atoms with E-state index in [1.165, 1.54) is 26.4 Å². The lowest BCUT2D eigenvalue weighted by Gasteiger charge is -2.10. The molecule has 1 amide bonds. The van der Waals surface area contributed by atoms with E-state index in [9.17, 15) is 19.7 Å². The maximum atomic E-state index is 12.0. The molecule has 0 spiro atoms. The number of nitro benzene ring substituents is 1. The predicted molar refractivity (Wildman–Crippen MR) is 105 cm³/mol. The molecule has 0 aliphatic rings. The SMILES string of the molecule is COc1ccc(CCC(=O)OCC(=O)Nc2c(C)cccc2[N+](=O)[O-])cc1OC. The summed E-state index contributed by atoms with van der Waals surface area (Å²) in [6, 6.07) is 9.75. The first kappa shape index (κ1) is 21.7. The van der Waals surface area contributed by atoms with Crippen molar-refractivity contribution in [1.29, 1.82) is 0 Å². The number of anilines is 1. The molecule has 0 fully saturated rings. The highest BCUT2D eigenvalue weighted by atomic mass is 16.6. The van der Waals surface area contributed by atoms with E-state index in [0.717, 1.165) is 5.56 Å². The summed E-state index contributed by atoms with van der Waals surface area (Å²) in [6.07, 6.45) is 0.456. The number of ether oxygens (including phenoxy) is 3. The number of rotatable bonds is 9. The number of nitrogens with zero attached hydrogens (tertiary/aromatic N) is 1. The standard InChI is InChI=1S/C20H22N2O7/c1-13-5-4-6-15(22(25)26)20(13)21-18(23)12-29-19(24)10-8-14-7-9-16(27-2)17(11-14)28-3/h4-7,9,11H,8,10,12H2,1-3H3,(H,21,23). The molecule has 0 aliphatic heterocycles. The van der Waals surface area contributed by atoms with Crippen LogP contribution < -0.4 is 14.8 Å². The summed E-state index contributed by atoms with van der Waals surface area (Å²) in [5, 5.41) is 13.5. The molecule has 9 nitrogen and oxygen atoms in total. The average molecular weight is 402 g/mol. The molecule has 0 radical (unpaired) electrons. The van der Waals surface area contributed by atoms with Crippen molar-refractivity contribution in [3.05, 3.63) is 57.6 Å². The Bertz CT molecular complexity index is 912. The molecule has 2 aromatic rings. The van der Waals surface area contributed by atoms with Gasteiger partial charge in [0, 0.05) is 12.5 Å². The van der Waals surface area contributed by atoms with Gasteiger partial charge in [0.1, 0.15) is 5.69 Å². The minimum atomic E-state index is -0.651. The summed E-state index contributed by atoms with van der Waals surface area (Å²) >= 11 is 0. The molecule has 0 bridgehead atoms. The van der Waals surface area contributed by atoms with Crippen LogP contribution in [0.1, 0.15) is 17.5 Å². The van der Waals surface area contributed by atoms with Crippen LogP contribution in [0.15, 0.2) is 36.4 Å². The van der Waals surface area contributed by atoms with E-state index in [2.05, 4.69) is 5.32 Å². The van der Waals surface area contributed by atoms with Gasteiger partial charge < -0.3 is 19.5 Å². The van der Waals surface area contributed by atoms with Crippen LogP contribution in [0.25, 0.3) is 0 Å². The Hall–Kier alpha value is -3.62. The lowest BCUT2D eigenvalue weighted by Crippen LogP contribution is -2.22. The quantitative estimate of drug-likeness (QED) is 0.389. The van der Waals surface area contributed by atoms with Crippen molar-refractivity contribution in [1.82, 2.24) is 0 Å². The average Bonchev–Trinajstić information content (AvgIpc) is 2.71. The zero-order valence-corrected chi connectivity index (χ0v) is 16.4. The van der Waals surface area contributed by atoms with Crippen molar-refractivity contribution in [3.63, 3.8) is 0 Å². The number of carbonyl (C=O) groups is 2. The van der Waals surface area contributed by atoms with Gasteiger partial charge >= 0.3 is 5.97 Å². The Labute approximate surface area is 167 Å². The molecule has 0 saturated heterocycles. The second-order valence-electron chi connectivity index (χ2n) is 6.12. The lowest BCUT2D eigenvalue weighted by molar-refractivity contribution is -0.384. The van der Waals surface area contributed by atoms with Crippen LogP contribution in [0.5, 0.6) is 11.5 Å². The van der Waals surface area contributed by atoms with Gasteiger partial charge in [0.05, 0.1) is 19.1 Å². The van der Waals surface area contributed by atoms with E-state index >= 15 is 0 Å². The van der Waals surface area contributed by atoms with Gasteiger partial charge in [-0.3, -0.25) is 19.7 Å². The smallest absolute Gasteiger partial charge is 0.306 e. The van der Waals surface area contributed by atoms with E-state index < -0.39 is 23.4 Å². The first-order valence-electron chi connectivity index (χ1n) is 8.76. The number of esters is 1. The second-order valence-corrected chi connectivity index (χ2v) is 6.12. The summed E-state index contributed by atoms with van der Waals surface area (Å²) < 4.78 is 15.3. The Morgan fingerprint density at radius 1 is 1.10 bits per heavy atom. The molecule has 0 atom stereocenters. The van der Waals surface area contributed by atoms with Crippen molar-refractivity contribution in [3.8, 4) is 11.5 Å². The summed E-state index contributed by atoms with van der Waals surface area (Å²) in [6.45, 7) is 1.11. The minimum absolute atomic E-state index is 0.0628. The zero-order chi connectivity index (χ0) is 21.4. The molecule has 0 aliphatic carbocycles. The van der Waals surface area contributed by atoms with Gasteiger partial charge in [-0.15, -0.1) is 0 Å². The van der Waals surface area contributed by atoms with Crippen molar-refractivity contribution < 1.29 is 28.7 Å². The summed E-state index contributed by atoms with van der Waals surface area (Å²) in [5.74, 6) is -0.0746. The molecule has 0 unspecified atom stereocenters. The predicted octanol–water partition coefficient (Wildman–Crippen LogP) is 3.03. The number of amides is 1. The first-order valence-corrected chi connectivity index (χ1v) is 8.76. The summed E-state index contributed by atoms with van der Waals surface area (Å²) in [7, 11) is 3.05. The van der Waals surface area contributed by atoms with Gasteiger partial charge in [-0.1, -0.05) is 18.2 Å². The highest BCUT2D eigenvalue weighted by Gasteiger charge is 2.18. The van der Waals surface area contributed by atoms with Crippen molar-refractivity contribution in [2.24, 2.45) is 0 Å². The topological polar surface area (TPSA) is 117 Å². The van der Waals surface area contributed by atoms with E-state index in [1.807, 2.05) is 0 Å². The normalized spacial score (nSPS) is 10.2. The Kier molecular flexibility index (Phi) is 7.53. The van der Waals surface area contributed by atoms with Crippen LogP contribution >= 0.6 is 0 Å². The van der Waals surface area contributed by atoms with Crippen molar-refractivity contribution in [2.75, 3.05) is 26.1 Å². The molecule has 0 saturated carbocycles.